The first-order valence-electron chi connectivity index (χ1n) is 14.4. The highest BCUT2D eigenvalue weighted by Gasteiger charge is 2.30. The van der Waals surface area contributed by atoms with Crippen molar-refractivity contribution in [2.45, 2.75) is 96.1 Å². The molecule has 0 saturated heterocycles. The number of aromatic nitrogens is 1. The van der Waals surface area contributed by atoms with Gasteiger partial charge in [0, 0.05) is 30.9 Å². The zero-order valence-electron chi connectivity index (χ0n) is 24.6. The standard InChI is InChI=1S/C29H42N4O6S2/c1-6-33(7-2)41(36,37)22-14-12-21(13-15-22)23(18-20-10-8-9-11-20)26(34)31-27-30-24-16-17-32(19-25(24)40-27)39-28(35)38-29(3,4)5/h12-15,20,23H,6-11,16-19H2,1-5H3,(H,30,31,34)/t23-/m1/s1. The number of anilines is 1. The van der Waals surface area contributed by atoms with Gasteiger partial charge < -0.3 is 14.9 Å². The number of hydrogen-bond acceptors (Lipinski definition) is 9. The Balaban J connectivity index is 1.47. The van der Waals surface area contributed by atoms with Crippen LogP contribution in [0.5, 0.6) is 0 Å². The van der Waals surface area contributed by atoms with Gasteiger partial charge in [0.15, 0.2) is 5.13 Å². The Hall–Kier alpha value is -2.54. The molecule has 2 aromatic rings. The third-order valence-corrected chi connectivity index (χ3v) is 10.6. The predicted octanol–water partition coefficient (Wildman–Crippen LogP) is 5.70. The molecule has 1 aliphatic carbocycles. The zero-order chi connectivity index (χ0) is 29.8. The number of thiazole rings is 1. The van der Waals surface area contributed by atoms with E-state index in [1.54, 1.807) is 50.1 Å². The van der Waals surface area contributed by atoms with Gasteiger partial charge in [0.1, 0.15) is 5.60 Å². The van der Waals surface area contributed by atoms with E-state index in [1.165, 1.54) is 28.5 Å². The van der Waals surface area contributed by atoms with Crippen molar-refractivity contribution in [1.82, 2.24) is 14.4 Å². The lowest BCUT2D eigenvalue weighted by atomic mass is 9.87. The van der Waals surface area contributed by atoms with E-state index in [0.29, 0.717) is 50.1 Å². The Bertz CT molecular complexity index is 1310. The number of nitrogens with one attached hydrogen (secondary N) is 1. The van der Waals surface area contributed by atoms with Gasteiger partial charge >= 0.3 is 6.16 Å². The maximum atomic E-state index is 13.7. The molecule has 12 heteroatoms. The number of amides is 1. The van der Waals surface area contributed by atoms with Crippen molar-refractivity contribution in [3.8, 4) is 0 Å². The molecule has 41 heavy (non-hydrogen) atoms. The van der Waals surface area contributed by atoms with Crippen LogP contribution in [-0.4, -0.2) is 60.1 Å². The molecule has 4 rings (SSSR count). The van der Waals surface area contributed by atoms with E-state index < -0.39 is 27.7 Å². The lowest BCUT2D eigenvalue weighted by Gasteiger charge is -2.26. The third-order valence-electron chi connectivity index (χ3n) is 7.51. The van der Waals surface area contributed by atoms with Crippen molar-refractivity contribution >= 4 is 38.6 Å². The first-order chi connectivity index (χ1) is 19.4. The molecule has 1 atom stereocenters. The molecule has 0 spiro atoms. The quantitative estimate of drug-likeness (QED) is 0.342. The lowest BCUT2D eigenvalue weighted by Crippen LogP contribution is -2.35. The molecule has 0 unspecified atom stereocenters. The average molecular weight is 607 g/mol. The third kappa shape index (κ3) is 8.06. The first kappa shape index (κ1) is 31.4. The molecule has 226 valence electrons. The van der Waals surface area contributed by atoms with E-state index >= 15 is 0 Å². The van der Waals surface area contributed by atoms with Gasteiger partial charge in [-0.15, -0.1) is 5.06 Å². The smallest absolute Gasteiger partial charge is 0.427 e. The SMILES string of the molecule is CCN(CC)S(=O)(=O)c1ccc([C@@H](CC2CCCC2)C(=O)Nc2nc3c(s2)CN(OC(=O)OC(C)(C)C)CC3)cc1. The highest BCUT2D eigenvalue weighted by molar-refractivity contribution is 7.89. The molecular formula is C29H42N4O6S2. The number of sulfonamides is 1. The molecule has 10 nitrogen and oxygen atoms in total. The molecule has 0 bridgehead atoms. The van der Waals surface area contributed by atoms with Crippen LogP contribution in [0.2, 0.25) is 0 Å². The van der Waals surface area contributed by atoms with Gasteiger partial charge in [-0.25, -0.2) is 18.2 Å². The predicted molar refractivity (Wildman–Crippen MR) is 158 cm³/mol. The van der Waals surface area contributed by atoms with Crippen molar-refractivity contribution in [2.75, 3.05) is 25.0 Å². The summed E-state index contributed by atoms with van der Waals surface area (Å²) in [6.07, 6.45) is 5.07. The van der Waals surface area contributed by atoms with Gasteiger partial charge in [-0.2, -0.15) is 4.31 Å². The Morgan fingerprint density at radius 2 is 1.80 bits per heavy atom. The van der Waals surface area contributed by atoms with Gasteiger partial charge in [-0.05, 0) is 50.8 Å². The molecule has 2 heterocycles. The Labute approximate surface area is 247 Å². The fourth-order valence-electron chi connectivity index (χ4n) is 5.43. The summed E-state index contributed by atoms with van der Waals surface area (Å²) in [5, 5.41) is 5.09. The minimum atomic E-state index is -3.58. The number of nitrogens with zero attached hydrogens (tertiary/aromatic N) is 3. The van der Waals surface area contributed by atoms with Crippen LogP contribution >= 0.6 is 11.3 Å². The van der Waals surface area contributed by atoms with Crippen molar-refractivity contribution in [3.05, 3.63) is 40.4 Å². The van der Waals surface area contributed by atoms with Gasteiger partial charge in [0.05, 0.1) is 23.1 Å². The summed E-state index contributed by atoms with van der Waals surface area (Å²) >= 11 is 1.38. The summed E-state index contributed by atoms with van der Waals surface area (Å²) in [5.74, 6) is -0.117. The van der Waals surface area contributed by atoms with E-state index in [9.17, 15) is 18.0 Å². The van der Waals surface area contributed by atoms with E-state index in [2.05, 4.69) is 10.3 Å². The number of hydroxylamine groups is 2. The van der Waals surface area contributed by atoms with E-state index in [4.69, 9.17) is 9.57 Å². The number of carbonyl (C=O) groups excluding carboxylic acids is 2. The van der Waals surface area contributed by atoms with Crippen LogP contribution in [0.1, 0.15) is 88.8 Å². The molecule has 1 aromatic heterocycles. The minimum absolute atomic E-state index is 0.149. The summed E-state index contributed by atoms with van der Waals surface area (Å²) in [5.41, 5.74) is 1.04. The Kier molecular flexibility index (Phi) is 10.1. The molecule has 1 fully saturated rings. The summed E-state index contributed by atoms with van der Waals surface area (Å²) in [6.45, 7) is 10.6. The number of ether oxygens (including phenoxy) is 1. The number of fused-ring (bicyclic) bond motifs is 1. The second-order valence-electron chi connectivity index (χ2n) is 11.6. The number of carbonyl (C=O) groups is 2. The molecule has 2 aliphatic rings. The lowest BCUT2D eigenvalue weighted by molar-refractivity contribution is -0.150. The molecule has 1 N–H and O–H groups in total. The topological polar surface area (TPSA) is 118 Å². The minimum Gasteiger partial charge on any atom is -0.427 e. The highest BCUT2D eigenvalue weighted by Crippen LogP contribution is 2.36. The van der Waals surface area contributed by atoms with Gasteiger partial charge in [-0.3, -0.25) is 4.79 Å². The second-order valence-corrected chi connectivity index (χ2v) is 14.7. The van der Waals surface area contributed by atoms with Crippen molar-refractivity contribution in [2.24, 2.45) is 5.92 Å². The normalized spacial score (nSPS) is 17.3. The molecule has 1 aliphatic heterocycles. The molecule has 0 radical (unpaired) electrons. The number of benzene rings is 1. The Morgan fingerprint density at radius 3 is 2.41 bits per heavy atom. The maximum absolute atomic E-state index is 13.7. The highest BCUT2D eigenvalue weighted by atomic mass is 32.2. The fourth-order valence-corrected chi connectivity index (χ4v) is 7.90. The summed E-state index contributed by atoms with van der Waals surface area (Å²) in [6, 6.07) is 6.77. The molecule has 1 aromatic carbocycles. The maximum Gasteiger partial charge on any atom is 0.528 e. The second kappa shape index (κ2) is 13.2. The molecule has 1 saturated carbocycles. The van der Waals surface area contributed by atoms with Crippen molar-refractivity contribution in [3.63, 3.8) is 0 Å². The fraction of sp³-hybridized carbons (Fsp3) is 0.621. The summed E-state index contributed by atoms with van der Waals surface area (Å²) in [7, 11) is -3.58. The van der Waals surface area contributed by atoms with Crippen LogP contribution in [0.15, 0.2) is 29.2 Å². The van der Waals surface area contributed by atoms with Crippen LogP contribution in [-0.2, 0) is 37.4 Å². The van der Waals surface area contributed by atoms with Gasteiger partial charge in [-0.1, -0.05) is 63.0 Å². The van der Waals surface area contributed by atoms with Crippen LogP contribution in [0.4, 0.5) is 9.93 Å². The van der Waals surface area contributed by atoms with Crippen LogP contribution < -0.4 is 5.32 Å². The zero-order valence-corrected chi connectivity index (χ0v) is 26.3. The average Bonchev–Trinajstić information content (AvgIpc) is 3.56. The molecular weight excluding hydrogens is 564 g/mol. The van der Waals surface area contributed by atoms with Crippen LogP contribution in [0.3, 0.4) is 0 Å². The Morgan fingerprint density at radius 1 is 1.15 bits per heavy atom. The van der Waals surface area contributed by atoms with E-state index in [1.807, 2.05) is 13.8 Å². The van der Waals surface area contributed by atoms with Gasteiger partial charge in [0.25, 0.3) is 0 Å². The monoisotopic (exact) mass is 606 g/mol. The summed E-state index contributed by atoms with van der Waals surface area (Å²) in [4.78, 5) is 36.9. The molecule has 1 amide bonds. The van der Waals surface area contributed by atoms with E-state index in [0.717, 1.165) is 29.0 Å². The number of hydrogen-bond donors (Lipinski definition) is 1. The van der Waals surface area contributed by atoms with Crippen molar-refractivity contribution < 1.29 is 27.6 Å². The number of rotatable bonds is 10. The first-order valence-corrected chi connectivity index (χ1v) is 16.7. The van der Waals surface area contributed by atoms with Gasteiger partial charge in [0.2, 0.25) is 15.9 Å². The largest absolute Gasteiger partial charge is 0.528 e. The van der Waals surface area contributed by atoms with Crippen molar-refractivity contribution in [1.29, 1.82) is 0 Å². The van der Waals surface area contributed by atoms with Crippen LogP contribution in [0, 0.1) is 5.92 Å². The summed E-state index contributed by atoms with van der Waals surface area (Å²) < 4.78 is 32.6. The van der Waals surface area contributed by atoms with Crippen LogP contribution in [0.25, 0.3) is 0 Å². The van der Waals surface area contributed by atoms with E-state index in [-0.39, 0.29) is 10.8 Å².